The number of rotatable bonds is 6. The third-order valence-electron chi connectivity index (χ3n) is 3.87. The fourth-order valence-electron chi connectivity index (χ4n) is 2.47. The molecule has 0 radical (unpaired) electrons. The zero-order valence-corrected chi connectivity index (χ0v) is 15.2. The SMILES string of the molecule is Cn1ncc2c(=O)n(CC(=O)NCCNC(=O)c3ccc(Cl)cc3)cnc21. The van der Waals surface area contributed by atoms with Crippen molar-refractivity contribution in [3.8, 4) is 0 Å². The van der Waals surface area contributed by atoms with E-state index in [2.05, 4.69) is 20.7 Å². The van der Waals surface area contributed by atoms with E-state index in [0.29, 0.717) is 21.6 Å². The average molecular weight is 389 g/mol. The summed E-state index contributed by atoms with van der Waals surface area (Å²) in [7, 11) is 1.68. The van der Waals surface area contributed by atoms with Crippen LogP contribution in [0.4, 0.5) is 0 Å². The molecular weight excluding hydrogens is 372 g/mol. The maximum absolute atomic E-state index is 12.3. The van der Waals surface area contributed by atoms with Crippen molar-refractivity contribution in [1.82, 2.24) is 30.0 Å². The van der Waals surface area contributed by atoms with Crippen LogP contribution in [-0.4, -0.2) is 44.2 Å². The van der Waals surface area contributed by atoms with Crippen LogP contribution in [0.2, 0.25) is 5.02 Å². The van der Waals surface area contributed by atoms with Gasteiger partial charge < -0.3 is 10.6 Å². The van der Waals surface area contributed by atoms with Crippen LogP contribution in [0.25, 0.3) is 11.0 Å². The number of halogens is 1. The maximum atomic E-state index is 12.3. The third-order valence-corrected chi connectivity index (χ3v) is 4.12. The Labute approximate surface area is 159 Å². The minimum Gasteiger partial charge on any atom is -0.353 e. The minimum atomic E-state index is -0.358. The van der Waals surface area contributed by atoms with Gasteiger partial charge in [-0.05, 0) is 24.3 Å². The second-order valence-electron chi connectivity index (χ2n) is 5.80. The van der Waals surface area contributed by atoms with Crippen molar-refractivity contribution in [3.05, 3.63) is 57.7 Å². The van der Waals surface area contributed by atoms with Crippen molar-refractivity contribution in [2.24, 2.45) is 7.05 Å². The molecule has 1 aromatic carbocycles. The number of amides is 2. The molecule has 0 aliphatic heterocycles. The van der Waals surface area contributed by atoms with E-state index in [1.807, 2.05) is 0 Å². The van der Waals surface area contributed by atoms with Crippen LogP contribution in [0.15, 0.2) is 41.6 Å². The molecule has 3 rings (SSSR count). The summed E-state index contributed by atoms with van der Waals surface area (Å²) in [4.78, 5) is 40.4. The van der Waals surface area contributed by atoms with E-state index in [1.165, 1.54) is 21.8 Å². The minimum absolute atomic E-state index is 0.165. The van der Waals surface area contributed by atoms with E-state index in [0.717, 1.165) is 0 Å². The van der Waals surface area contributed by atoms with Crippen LogP contribution >= 0.6 is 11.6 Å². The number of aromatic nitrogens is 4. The van der Waals surface area contributed by atoms with Gasteiger partial charge in [0.2, 0.25) is 5.91 Å². The first-order chi connectivity index (χ1) is 13.0. The lowest BCUT2D eigenvalue weighted by atomic mass is 10.2. The van der Waals surface area contributed by atoms with Gasteiger partial charge in [-0.25, -0.2) is 4.98 Å². The lowest BCUT2D eigenvalue weighted by Gasteiger charge is -2.08. The highest BCUT2D eigenvalue weighted by Crippen LogP contribution is 2.09. The third kappa shape index (κ3) is 4.32. The maximum Gasteiger partial charge on any atom is 0.264 e. The number of hydrogen-bond donors (Lipinski definition) is 2. The zero-order chi connectivity index (χ0) is 19.4. The fourth-order valence-corrected chi connectivity index (χ4v) is 2.60. The quantitative estimate of drug-likeness (QED) is 0.591. The van der Waals surface area contributed by atoms with E-state index < -0.39 is 0 Å². The second kappa shape index (κ2) is 8.00. The molecule has 0 unspecified atom stereocenters. The van der Waals surface area contributed by atoms with Crippen molar-refractivity contribution in [3.63, 3.8) is 0 Å². The van der Waals surface area contributed by atoms with Gasteiger partial charge in [-0.15, -0.1) is 0 Å². The molecule has 0 saturated heterocycles. The second-order valence-corrected chi connectivity index (χ2v) is 6.23. The number of benzene rings is 1. The number of fused-ring (bicyclic) bond motifs is 1. The predicted octanol–water partition coefficient (Wildman–Crippen LogP) is 0.330. The van der Waals surface area contributed by atoms with E-state index in [1.54, 1.807) is 31.3 Å². The first-order valence-corrected chi connectivity index (χ1v) is 8.51. The smallest absolute Gasteiger partial charge is 0.264 e. The molecule has 0 saturated carbocycles. The average Bonchev–Trinajstić information content (AvgIpc) is 3.03. The molecule has 0 spiro atoms. The Morgan fingerprint density at radius 1 is 1.15 bits per heavy atom. The van der Waals surface area contributed by atoms with Crippen molar-refractivity contribution in [1.29, 1.82) is 0 Å². The molecular formula is C17H17ClN6O3. The molecule has 9 nitrogen and oxygen atoms in total. The Morgan fingerprint density at radius 2 is 1.85 bits per heavy atom. The summed E-state index contributed by atoms with van der Waals surface area (Å²) in [6, 6.07) is 6.49. The summed E-state index contributed by atoms with van der Waals surface area (Å²) in [6.45, 7) is 0.319. The standard InChI is InChI=1S/C17H17ClN6O3/c1-23-15-13(8-22-23)17(27)24(10-21-15)9-14(25)19-6-7-20-16(26)11-2-4-12(18)5-3-11/h2-5,8,10H,6-7,9H2,1H3,(H,19,25)(H,20,26). The Balaban J connectivity index is 1.49. The molecule has 3 aromatic rings. The molecule has 0 aliphatic carbocycles. The molecule has 140 valence electrons. The zero-order valence-electron chi connectivity index (χ0n) is 14.5. The molecule has 10 heteroatoms. The van der Waals surface area contributed by atoms with Gasteiger partial charge in [-0.3, -0.25) is 23.6 Å². The highest BCUT2D eigenvalue weighted by atomic mass is 35.5. The van der Waals surface area contributed by atoms with Crippen LogP contribution in [0.1, 0.15) is 10.4 Å². The van der Waals surface area contributed by atoms with E-state index in [4.69, 9.17) is 11.6 Å². The lowest BCUT2D eigenvalue weighted by molar-refractivity contribution is -0.121. The highest BCUT2D eigenvalue weighted by Gasteiger charge is 2.11. The summed E-state index contributed by atoms with van der Waals surface area (Å²) in [5, 5.41) is 10.2. The van der Waals surface area contributed by atoms with Gasteiger partial charge in [0, 0.05) is 30.7 Å². The number of nitrogens with zero attached hydrogens (tertiary/aromatic N) is 4. The van der Waals surface area contributed by atoms with Gasteiger partial charge in [0.05, 0.1) is 6.20 Å². The van der Waals surface area contributed by atoms with Crippen LogP contribution in [-0.2, 0) is 18.4 Å². The molecule has 2 heterocycles. The normalized spacial score (nSPS) is 10.7. The number of hydrogen-bond acceptors (Lipinski definition) is 5. The van der Waals surface area contributed by atoms with Gasteiger partial charge >= 0.3 is 0 Å². The number of nitrogens with one attached hydrogen (secondary N) is 2. The van der Waals surface area contributed by atoms with Crippen molar-refractivity contribution < 1.29 is 9.59 Å². The Morgan fingerprint density at radius 3 is 2.59 bits per heavy atom. The first kappa shape index (κ1) is 18.6. The molecule has 0 fully saturated rings. The summed E-state index contributed by atoms with van der Waals surface area (Å²) >= 11 is 5.78. The summed E-state index contributed by atoms with van der Waals surface area (Å²) in [6.07, 6.45) is 2.74. The number of aryl methyl sites for hydroxylation is 1. The Bertz CT molecular complexity index is 1040. The molecule has 2 N–H and O–H groups in total. The predicted molar refractivity (Wildman–Crippen MR) is 99.6 cm³/mol. The summed E-state index contributed by atoms with van der Waals surface area (Å²) in [5.74, 6) is -0.619. The Kier molecular flexibility index (Phi) is 5.51. The number of carbonyl (C=O) groups is 2. The summed E-state index contributed by atoms with van der Waals surface area (Å²) < 4.78 is 2.70. The van der Waals surface area contributed by atoms with Gasteiger partial charge in [-0.1, -0.05) is 11.6 Å². The number of carbonyl (C=O) groups excluding carboxylic acids is 2. The van der Waals surface area contributed by atoms with Crippen LogP contribution in [0.5, 0.6) is 0 Å². The van der Waals surface area contributed by atoms with Gasteiger partial charge in [0.25, 0.3) is 11.5 Å². The topological polar surface area (TPSA) is 111 Å². The molecule has 0 bridgehead atoms. The van der Waals surface area contributed by atoms with Gasteiger partial charge in [-0.2, -0.15) is 5.10 Å². The molecule has 0 aliphatic rings. The Hall–Kier alpha value is -3.20. The van der Waals surface area contributed by atoms with Crippen LogP contribution in [0.3, 0.4) is 0 Å². The molecule has 27 heavy (non-hydrogen) atoms. The van der Waals surface area contributed by atoms with Crippen LogP contribution < -0.4 is 16.2 Å². The van der Waals surface area contributed by atoms with Crippen molar-refractivity contribution >= 4 is 34.4 Å². The molecule has 2 aromatic heterocycles. The molecule has 2 amide bonds. The van der Waals surface area contributed by atoms with Gasteiger partial charge in [0.1, 0.15) is 18.3 Å². The lowest BCUT2D eigenvalue weighted by Crippen LogP contribution is -2.37. The van der Waals surface area contributed by atoms with E-state index in [-0.39, 0.29) is 37.0 Å². The van der Waals surface area contributed by atoms with Crippen molar-refractivity contribution in [2.75, 3.05) is 13.1 Å². The molecule has 0 atom stereocenters. The van der Waals surface area contributed by atoms with Gasteiger partial charge in [0.15, 0.2) is 5.65 Å². The van der Waals surface area contributed by atoms with Crippen LogP contribution in [0, 0.1) is 0 Å². The van der Waals surface area contributed by atoms with Crippen molar-refractivity contribution in [2.45, 2.75) is 6.54 Å². The fraction of sp³-hybridized carbons (Fsp3) is 0.235. The van der Waals surface area contributed by atoms with E-state index in [9.17, 15) is 14.4 Å². The highest BCUT2D eigenvalue weighted by molar-refractivity contribution is 6.30. The largest absolute Gasteiger partial charge is 0.353 e. The first-order valence-electron chi connectivity index (χ1n) is 8.13. The monoisotopic (exact) mass is 388 g/mol. The van der Waals surface area contributed by atoms with E-state index >= 15 is 0 Å². The summed E-state index contributed by atoms with van der Waals surface area (Å²) in [5.41, 5.74) is 0.606.